The molecule has 2 rings (SSSR count). The highest BCUT2D eigenvalue weighted by atomic mass is 16.5. The van der Waals surface area contributed by atoms with Gasteiger partial charge in [-0.3, -0.25) is 4.79 Å². The summed E-state index contributed by atoms with van der Waals surface area (Å²) in [6, 6.07) is 3.23. The lowest BCUT2D eigenvalue weighted by molar-refractivity contribution is 0.0761. The van der Waals surface area contributed by atoms with Crippen molar-refractivity contribution in [3.05, 3.63) is 17.7 Å². The maximum atomic E-state index is 12.5. The molecule has 1 aliphatic rings. The number of hydrogen-bond donors (Lipinski definition) is 1. The Hall–Kier alpha value is -1.95. The molecule has 1 aliphatic heterocycles. The molecule has 0 spiro atoms. The normalized spacial score (nSPS) is 18.0. The van der Waals surface area contributed by atoms with Crippen molar-refractivity contribution in [2.45, 2.75) is 12.5 Å². The Morgan fingerprint density at radius 1 is 1.15 bits per heavy atom. The zero-order valence-electron chi connectivity index (χ0n) is 11.9. The molecule has 20 heavy (non-hydrogen) atoms. The molecule has 1 saturated heterocycles. The summed E-state index contributed by atoms with van der Waals surface area (Å²) in [5.74, 6) is 1.21. The van der Waals surface area contributed by atoms with E-state index in [1.807, 2.05) is 0 Å². The first-order valence-electron chi connectivity index (χ1n) is 6.38. The van der Waals surface area contributed by atoms with Gasteiger partial charge in [0.1, 0.15) is 5.75 Å². The Kier molecular flexibility index (Phi) is 4.34. The maximum absolute atomic E-state index is 12.5. The van der Waals surface area contributed by atoms with Gasteiger partial charge in [0.2, 0.25) is 0 Å². The molecule has 0 aliphatic carbocycles. The van der Waals surface area contributed by atoms with Crippen LogP contribution in [0.1, 0.15) is 16.8 Å². The Balaban J connectivity index is 2.36. The molecular weight excluding hydrogens is 262 g/mol. The Bertz CT molecular complexity index is 503. The fraction of sp³-hybridized carbons (Fsp3) is 0.500. The second-order valence-corrected chi connectivity index (χ2v) is 4.60. The van der Waals surface area contributed by atoms with E-state index in [1.165, 1.54) is 21.3 Å². The number of rotatable bonds is 4. The third-order valence-corrected chi connectivity index (χ3v) is 3.39. The Morgan fingerprint density at radius 2 is 1.75 bits per heavy atom. The predicted octanol–water partition coefficient (Wildman–Crippen LogP) is 0.919. The van der Waals surface area contributed by atoms with Crippen molar-refractivity contribution >= 4 is 5.91 Å². The minimum Gasteiger partial charge on any atom is -0.496 e. The van der Waals surface area contributed by atoms with Gasteiger partial charge in [0.15, 0.2) is 11.5 Å². The van der Waals surface area contributed by atoms with Gasteiger partial charge in [-0.05, 0) is 6.42 Å². The molecule has 6 nitrogen and oxygen atoms in total. The zero-order chi connectivity index (χ0) is 14.7. The van der Waals surface area contributed by atoms with Gasteiger partial charge in [0.05, 0.1) is 33.0 Å². The highest BCUT2D eigenvalue weighted by Crippen LogP contribution is 2.35. The van der Waals surface area contributed by atoms with Crippen LogP contribution in [0.25, 0.3) is 0 Å². The van der Waals surface area contributed by atoms with Gasteiger partial charge in [-0.15, -0.1) is 0 Å². The standard InChI is InChI=1S/C14H19NO5/c1-18-11-7-13(20-3)12(19-2)6-10(11)14(17)15-5-4-9(16)8-15/h6-7,9,16H,4-5,8H2,1-3H3. The largest absolute Gasteiger partial charge is 0.496 e. The predicted molar refractivity (Wildman–Crippen MR) is 72.6 cm³/mol. The number of ether oxygens (including phenoxy) is 3. The first kappa shape index (κ1) is 14.5. The van der Waals surface area contributed by atoms with E-state index in [-0.39, 0.29) is 5.91 Å². The average molecular weight is 281 g/mol. The summed E-state index contributed by atoms with van der Waals surface area (Å²) < 4.78 is 15.6. The zero-order valence-corrected chi connectivity index (χ0v) is 11.9. The monoisotopic (exact) mass is 281 g/mol. The van der Waals surface area contributed by atoms with Crippen molar-refractivity contribution in [1.29, 1.82) is 0 Å². The highest BCUT2D eigenvalue weighted by Gasteiger charge is 2.28. The molecule has 1 fully saturated rings. The number of hydrogen-bond acceptors (Lipinski definition) is 5. The summed E-state index contributed by atoms with van der Waals surface area (Å²) >= 11 is 0. The molecule has 1 aromatic carbocycles. The van der Waals surface area contributed by atoms with Gasteiger partial charge in [-0.2, -0.15) is 0 Å². The minimum absolute atomic E-state index is 0.181. The van der Waals surface area contributed by atoms with Crippen LogP contribution in [0.5, 0.6) is 17.2 Å². The number of benzene rings is 1. The van der Waals surface area contributed by atoms with Crippen LogP contribution in [0, 0.1) is 0 Å². The first-order valence-corrected chi connectivity index (χ1v) is 6.38. The molecule has 0 saturated carbocycles. The molecule has 1 heterocycles. The van der Waals surface area contributed by atoms with Crippen molar-refractivity contribution in [2.75, 3.05) is 34.4 Å². The second-order valence-electron chi connectivity index (χ2n) is 4.60. The molecule has 1 aromatic rings. The first-order chi connectivity index (χ1) is 9.60. The summed E-state index contributed by atoms with van der Waals surface area (Å²) in [4.78, 5) is 14.1. The lowest BCUT2D eigenvalue weighted by Gasteiger charge is -2.19. The maximum Gasteiger partial charge on any atom is 0.257 e. The van der Waals surface area contributed by atoms with E-state index in [0.29, 0.717) is 42.3 Å². The topological polar surface area (TPSA) is 68.2 Å². The SMILES string of the molecule is COc1cc(OC)c(C(=O)N2CCC(O)C2)cc1OC. The smallest absolute Gasteiger partial charge is 0.257 e. The number of aliphatic hydroxyl groups excluding tert-OH is 1. The number of β-amino-alcohol motifs (C(OH)–C–C–N with tert-alkyl or cyclic N) is 1. The van der Waals surface area contributed by atoms with Crippen LogP contribution in [0.2, 0.25) is 0 Å². The molecule has 0 aromatic heterocycles. The number of amides is 1. The second kappa shape index (κ2) is 6.00. The van der Waals surface area contributed by atoms with Gasteiger partial charge >= 0.3 is 0 Å². The van der Waals surface area contributed by atoms with Gasteiger partial charge in [0, 0.05) is 25.2 Å². The van der Waals surface area contributed by atoms with Gasteiger partial charge < -0.3 is 24.2 Å². The van der Waals surface area contributed by atoms with Crippen molar-refractivity contribution in [3.8, 4) is 17.2 Å². The summed E-state index contributed by atoms with van der Waals surface area (Å²) in [5, 5.41) is 9.53. The number of carbonyl (C=O) groups is 1. The molecular formula is C14H19NO5. The van der Waals surface area contributed by atoms with Crippen LogP contribution >= 0.6 is 0 Å². The molecule has 0 bridgehead atoms. The van der Waals surface area contributed by atoms with Crippen LogP contribution in [0.3, 0.4) is 0 Å². The fourth-order valence-corrected chi connectivity index (χ4v) is 2.29. The fourth-order valence-electron chi connectivity index (χ4n) is 2.29. The number of methoxy groups -OCH3 is 3. The molecule has 1 atom stereocenters. The molecule has 1 N–H and O–H groups in total. The van der Waals surface area contributed by atoms with Crippen LogP contribution in [0.15, 0.2) is 12.1 Å². The Morgan fingerprint density at radius 3 is 2.25 bits per heavy atom. The van der Waals surface area contributed by atoms with Gasteiger partial charge in [-0.1, -0.05) is 0 Å². The average Bonchev–Trinajstić information content (AvgIpc) is 2.91. The summed E-state index contributed by atoms with van der Waals surface area (Å²) in [6.07, 6.45) is 0.145. The van der Waals surface area contributed by atoms with Crippen LogP contribution in [0.4, 0.5) is 0 Å². The van der Waals surface area contributed by atoms with Crippen LogP contribution in [-0.4, -0.2) is 56.4 Å². The molecule has 0 radical (unpaired) electrons. The molecule has 110 valence electrons. The van der Waals surface area contributed by atoms with E-state index in [2.05, 4.69) is 0 Å². The highest BCUT2D eigenvalue weighted by molar-refractivity contribution is 5.98. The third kappa shape index (κ3) is 2.65. The van der Waals surface area contributed by atoms with Crippen molar-refractivity contribution in [3.63, 3.8) is 0 Å². The quantitative estimate of drug-likeness (QED) is 0.889. The van der Waals surface area contributed by atoms with Gasteiger partial charge in [0.25, 0.3) is 5.91 Å². The van der Waals surface area contributed by atoms with E-state index in [4.69, 9.17) is 14.2 Å². The van der Waals surface area contributed by atoms with Gasteiger partial charge in [-0.25, -0.2) is 0 Å². The molecule has 1 unspecified atom stereocenters. The van der Waals surface area contributed by atoms with E-state index in [9.17, 15) is 9.90 Å². The lowest BCUT2D eigenvalue weighted by atomic mass is 10.1. The van der Waals surface area contributed by atoms with Crippen molar-refractivity contribution < 1.29 is 24.1 Å². The third-order valence-electron chi connectivity index (χ3n) is 3.39. The minimum atomic E-state index is -0.454. The van der Waals surface area contributed by atoms with E-state index >= 15 is 0 Å². The molecule has 1 amide bonds. The van der Waals surface area contributed by atoms with Crippen molar-refractivity contribution in [1.82, 2.24) is 4.90 Å². The number of likely N-dealkylation sites (tertiary alicyclic amines) is 1. The van der Waals surface area contributed by atoms with Crippen LogP contribution in [-0.2, 0) is 0 Å². The number of aliphatic hydroxyl groups is 1. The molecule has 6 heteroatoms. The van der Waals surface area contributed by atoms with Crippen molar-refractivity contribution in [2.24, 2.45) is 0 Å². The summed E-state index contributed by atoms with van der Waals surface area (Å²) in [6.45, 7) is 0.883. The number of nitrogens with zero attached hydrogens (tertiary/aromatic N) is 1. The van der Waals surface area contributed by atoms with E-state index < -0.39 is 6.10 Å². The summed E-state index contributed by atoms with van der Waals surface area (Å²) in [5.41, 5.74) is 0.402. The number of carbonyl (C=O) groups excluding carboxylic acids is 1. The Labute approximate surface area is 117 Å². The summed E-state index contributed by atoms with van der Waals surface area (Å²) in [7, 11) is 4.53. The van der Waals surface area contributed by atoms with E-state index in [0.717, 1.165) is 0 Å². The van der Waals surface area contributed by atoms with Crippen LogP contribution < -0.4 is 14.2 Å². The van der Waals surface area contributed by atoms with E-state index in [1.54, 1.807) is 17.0 Å². The lowest BCUT2D eigenvalue weighted by Crippen LogP contribution is -2.29.